The largest absolute Gasteiger partial charge is 0.489 e. The number of sulfonamides is 2. The molecule has 0 radical (unpaired) electrons. The Balaban J connectivity index is 0.850. The van der Waals surface area contributed by atoms with Gasteiger partial charge < -0.3 is 34.5 Å². The fourth-order valence-electron chi connectivity index (χ4n) is 12.8. The summed E-state index contributed by atoms with van der Waals surface area (Å²) in [4.78, 5) is 38.6. The molecule has 2 aromatic heterocycles. The summed E-state index contributed by atoms with van der Waals surface area (Å²) in [5.41, 5.74) is 2.96. The minimum absolute atomic E-state index is 0.00175. The van der Waals surface area contributed by atoms with E-state index in [0.717, 1.165) is 63.3 Å². The number of carbonyl (C=O) groups excluding carboxylic acids is 1. The molecule has 406 valence electrons. The summed E-state index contributed by atoms with van der Waals surface area (Å²) in [7, 11) is -8.25. The van der Waals surface area contributed by atoms with Gasteiger partial charge in [-0.15, -0.1) is 0 Å². The van der Waals surface area contributed by atoms with Crippen LogP contribution >= 0.6 is 0 Å². The van der Waals surface area contributed by atoms with Gasteiger partial charge in [0, 0.05) is 67.2 Å². The predicted octanol–water partition coefficient (Wildman–Crippen LogP) is 8.62. The zero-order valence-corrected chi connectivity index (χ0v) is 45.1. The molecule has 4 N–H and O–H groups in total. The van der Waals surface area contributed by atoms with Crippen LogP contribution in [0.15, 0.2) is 77.8 Å². The molecule has 2 saturated carbocycles. The number of H-pyrrole nitrogens is 1. The summed E-state index contributed by atoms with van der Waals surface area (Å²) >= 11 is 0. The van der Waals surface area contributed by atoms with Gasteiger partial charge in [-0.25, -0.2) is 21.6 Å². The van der Waals surface area contributed by atoms with E-state index in [1.54, 1.807) is 37.4 Å². The van der Waals surface area contributed by atoms with Crippen molar-refractivity contribution >= 4 is 54.0 Å². The topological polar surface area (TPSA) is 239 Å². The van der Waals surface area contributed by atoms with Crippen molar-refractivity contribution in [2.24, 2.45) is 11.3 Å². The second kappa shape index (κ2) is 20.1. The lowest BCUT2D eigenvalue weighted by atomic mass is 9.59. The van der Waals surface area contributed by atoms with Crippen LogP contribution in [0.25, 0.3) is 11.0 Å². The summed E-state index contributed by atoms with van der Waals surface area (Å²) in [6.45, 7) is 9.43. The van der Waals surface area contributed by atoms with Gasteiger partial charge in [0.05, 0.1) is 39.3 Å². The first-order valence-corrected chi connectivity index (χ1v) is 30.1. The number of anilines is 2. The number of aromatic amines is 1. The van der Waals surface area contributed by atoms with Gasteiger partial charge in [0.15, 0.2) is 17.2 Å². The van der Waals surface area contributed by atoms with E-state index < -0.39 is 53.1 Å². The van der Waals surface area contributed by atoms with Crippen LogP contribution in [0.1, 0.15) is 125 Å². The average molecular weight is 1080 g/mol. The number of fused-ring (bicyclic) bond motifs is 2. The zero-order chi connectivity index (χ0) is 53.3. The molecule has 5 aromatic rings. The first-order chi connectivity index (χ1) is 36.2. The molecule has 11 rings (SSSR count). The van der Waals surface area contributed by atoms with Gasteiger partial charge in [0.2, 0.25) is 10.0 Å². The lowest BCUT2D eigenvalue weighted by molar-refractivity contribution is -0.384. The predicted molar refractivity (Wildman–Crippen MR) is 287 cm³/mol. The number of amides is 1. The van der Waals surface area contributed by atoms with Crippen molar-refractivity contribution in [1.82, 2.24) is 23.9 Å². The maximum atomic E-state index is 14.5. The van der Waals surface area contributed by atoms with E-state index in [9.17, 15) is 36.9 Å². The summed E-state index contributed by atoms with van der Waals surface area (Å²) in [6.07, 6.45) is 12.6. The molecule has 1 amide bonds. The van der Waals surface area contributed by atoms with Crippen LogP contribution in [0.2, 0.25) is 0 Å². The van der Waals surface area contributed by atoms with E-state index in [1.165, 1.54) is 40.4 Å². The number of hydrogen-bond donors (Lipinski definition) is 4. The Morgan fingerprint density at radius 2 is 1.72 bits per heavy atom. The molecular formula is C55H68N8O11S2. The molecule has 3 aromatic carbocycles. The number of ether oxygens (including phenoxy) is 3. The number of pyridine rings is 1. The molecule has 0 unspecified atom stereocenters. The van der Waals surface area contributed by atoms with Crippen molar-refractivity contribution < 1.29 is 45.9 Å². The lowest BCUT2D eigenvalue weighted by Gasteiger charge is -2.56. The van der Waals surface area contributed by atoms with Crippen LogP contribution in [-0.2, 0) is 20.0 Å². The average Bonchev–Trinajstić information content (AvgIpc) is 4.10. The minimum Gasteiger partial charge on any atom is -0.489 e. The summed E-state index contributed by atoms with van der Waals surface area (Å²) in [5.74, 6) is -0.430. The van der Waals surface area contributed by atoms with Crippen LogP contribution < -0.4 is 29.1 Å². The highest BCUT2D eigenvalue weighted by Gasteiger charge is 2.50. The van der Waals surface area contributed by atoms with E-state index in [2.05, 4.69) is 67.9 Å². The summed E-state index contributed by atoms with van der Waals surface area (Å²) < 4.78 is 75.7. The molecule has 4 aliphatic heterocycles. The Labute approximate surface area is 443 Å². The Kier molecular flexibility index (Phi) is 13.8. The molecular weight excluding hydrogens is 1010 g/mol. The number of aromatic nitrogens is 2. The molecule has 19 nitrogen and oxygen atoms in total. The Morgan fingerprint density at radius 3 is 2.43 bits per heavy atom. The van der Waals surface area contributed by atoms with Crippen molar-refractivity contribution in [2.75, 3.05) is 55.9 Å². The number of carbonyl (C=O) groups is 1. The van der Waals surface area contributed by atoms with E-state index in [-0.39, 0.29) is 65.0 Å². The number of rotatable bonds is 15. The smallest absolute Gasteiger partial charge is 0.297 e. The van der Waals surface area contributed by atoms with Crippen LogP contribution in [-0.4, -0.2) is 121 Å². The maximum Gasteiger partial charge on any atom is 0.297 e. The number of nitro benzene ring substituents is 1. The third kappa shape index (κ3) is 10.3. The molecule has 6 aliphatic rings. The second-order valence-corrected chi connectivity index (χ2v) is 26.4. The number of nitrogens with zero attached hydrogens (tertiary/aromatic N) is 5. The van der Waals surface area contributed by atoms with Crippen molar-refractivity contribution in [3.8, 4) is 23.1 Å². The molecule has 5 fully saturated rings. The van der Waals surface area contributed by atoms with Crippen molar-refractivity contribution in [2.45, 2.75) is 132 Å². The van der Waals surface area contributed by atoms with E-state index in [1.807, 2.05) is 0 Å². The van der Waals surface area contributed by atoms with Crippen LogP contribution in [0.5, 0.6) is 23.1 Å². The zero-order valence-electron chi connectivity index (χ0n) is 43.5. The quantitative estimate of drug-likeness (QED) is 0.0567. The SMILES string of the molecule is CC(C)c1ccccc1[C@@H]1CCCN1C1CC2(CCN(c3ccc(C(=O)NS(=O)(=O)c4cc5c(c([N+](=O)[O-])c4)N[C@@H](C4CCC(C)(O)CC4)CO5)c(Oc4cc5cc[nH]c5nc4OC[C@@H]4CCN4S(C)(=O)=O)c3)CC2)C1. The first-order valence-electron chi connectivity index (χ1n) is 26.7. The molecule has 2 aliphatic carbocycles. The lowest BCUT2D eigenvalue weighted by Crippen LogP contribution is -2.54. The summed E-state index contributed by atoms with van der Waals surface area (Å²) in [6, 6.07) is 19.7. The Morgan fingerprint density at radius 1 is 0.961 bits per heavy atom. The molecule has 3 atom stereocenters. The van der Waals surface area contributed by atoms with Gasteiger partial charge >= 0.3 is 0 Å². The standard InChI is InChI=1S/C55H68N8O11S2/c1-34(2)41-8-5-6-9-42(41)45-10-7-22-61(45)39-30-55(31-39)19-24-60(25-20-55)37-11-12-43(47(27-37)74-49-26-36-15-21-56-51(36)58-53(49)73-32-38-16-23-62(38)75(4,68)69)52(64)59-76(70,71)40-28-46(63(66)67)50-48(29-40)72-33-44(57-50)35-13-17-54(3,65)18-14-35/h5-6,8-9,11-12,15,21,26-29,34-35,38-39,44-45,57,65H,7,10,13-14,16-20,22-25,30-33H2,1-4H3,(H,56,58)(H,59,64)/t35?,38-,44+,45-,54?/m0/s1. The minimum atomic E-state index is -4.78. The van der Waals surface area contributed by atoms with E-state index in [0.29, 0.717) is 67.7 Å². The van der Waals surface area contributed by atoms with Gasteiger partial charge in [0.25, 0.3) is 27.5 Å². The number of piperidine rings is 1. The van der Waals surface area contributed by atoms with Crippen molar-refractivity contribution in [3.63, 3.8) is 0 Å². The van der Waals surface area contributed by atoms with Gasteiger partial charge in [-0.3, -0.25) is 19.8 Å². The Bertz CT molecular complexity index is 3270. The number of benzene rings is 3. The van der Waals surface area contributed by atoms with Crippen LogP contribution in [0.3, 0.4) is 0 Å². The van der Waals surface area contributed by atoms with Crippen LogP contribution in [0.4, 0.5) is 17.1 Å². The monoisotopic (exact) mass is 1080 g/mol. The van der Waals surface area contributed by atoms with E-state index >= 15 is 0 Å². The normalized spacial score (nSPS) is 25.1. The number of nitrogens with one attached hydrogen (secondary N) is 3. The maximum absolute atomic E-state index is 14.5. The first kappa shape index (κ1) is 52.1. The number of nitro groups is 1. The molecule has 21 heteroatoms. The fourth-order valence-corrected chi connectivity index (χ4v) is 15.0. The highest BCUT2D eigenvalue weighted by molar-refractivity contribution is 7.90. The summed E-state index contributed by atoms with van der Waals surface area (Å²) in [5, 5.41) is 26.9. The second-order valence-electron chi connectivity index (χ2n) is 22.7. The number of likely N-dealkylation sites (tertiary alicyclic amines) is 1. The van der Waals surface area contributed by atoms with Gasteiger partial charge in [-0.1, -0.05) is 38.1 Å². The molecule has 76 heavy (non-hydrogen) atoms. The van der Waals surface area contributed by atoms with Gasteiger partial charge in [-0.2, -0.15) is 9.29 Å². The third-order valence-corrected chi connectivity index (χ3v) is 19.9. The molecule has 0 bridgehead atoms. The fraction of sp³-hybridized carbons (Fsp3) is 0.527. The highest BCUT2D eigenvalue weighted by Crippen LogP contribution is 2.55. The number of aliphatic hydroxyl groups is 1. The molecule has 1 spiro atoms. The highest BCUT2D eigenvalue weighted by atomic mass is 32.2. The number of hydrogen-bond acceptors (Lipinski definition) is 15. The van der Waals surface area contributed by atoms with Gasteiger partial charge in [0.1, 0.15) is 24.6 Å². The van der Waals surface area contributed by atoms with Crippen LogP contribution in [0, 0.1) is 21.4 Å². The molecule has 6 heterocycles. The van der Waals surface area contributed by atoms with Crippen molar-refractivity contribution in [1.29, 1.82) is 0 Å². The third-order valence-electron chi connectivity index (χ3n) is 17.3. The Hall–Kier alpha value is -6.00. The van der Waals surface area contributed by atoms with Gasteiger partial charge in [-0.05, 0) is 137 Å². The van der Waals surface area contributed by atoms with Crippen molar-refractivity contribution in [3.05, 3.63) is 99.7 Å². The van der Waals surface area contributed by atoms with E-state index in [4.69, 9.17) is 14.2 Å². The molecule has 3 saturated heterocycles.